The number of nitrogens with zero attached hydrogens (tertiary/aromatic N) is 2. The molecule has 1 aromatic rings. The van der Waals surface area contributed by atoms with E-state index < -0.39 is 0 Å². The zero-order valence-electron chi connectivity index (χ0n) is 9.91. The Bertz CT molecular complexity index is 382. The molecule has 1 aromatic carbocycles. The van der Waals surface area contributed by atoms with Gasteiger partial charge in [-0.15, -0.1) is 0 Å². The van der Waals surface area contributed by atoms with E-state index in [2.05, 4.69) is 15.9 Å². The fourth-order valence-corrected chi connectivity index (χ4v) is 1.33. The van der Waals surface area contributed by atoms with Gasteiger partial charge < -0.3 is 15.4 Å². The number of nitrogen functional groups attached to an aromatic ring is 1. The molecule has 4 nitrogen and oxygen atoms in total. The molecule has 0 amide bonds. The van der Waals surface area contributed by atoms with Gasteiger partial charge in [-0.1, -0.05) is 0 Å². The minimum absolute atomic E-state index is 0.428. The fourth-order valence-electron chi connectivity index (χ4n) is 0.822. The molecule has 16 heavy (non-hydrogen) atoms. The highest BCUT2D eigenvalue weighted by molar-refractivity contribution is 9.10. The molecule has 2 N–H and O–H groups in total. The maximum atomic E-state index is 8.61. The van der Waals surface area contributed by atoms with Crippen molar-refractivity contribution in [1.82, 2.24) is 4.90 Å². The van der Waals surface area contributed by atoms with E-state index in [0.717, 1.165) is 4.47 Å². The quantitative estimate of drug-likeness (QED) is 0.803. The van der Waals surface area contributed by atoms with Crippen LogP contribution >= 0.6 is 15.9 Å². The van der Waals surface area contributed by atoms with Crippen LogP contribution in [0.25, 0.3) is 0 Å². The minimum Gasteiger partial charge on any atom is -0.495 e. The van der Waals surface area contributed by atoms with Crippen LogP contribution in [0.3, 0.4) is 0 Å². The van der Waals surface area contributed by atoms with Crippen LogP contribution in [0, 0.1) is 11.3 Å². The Balaban J connectivity index is 0.000000487. The zero-order chi connectivity index (χ0) is 12.7. The smallest absolute Gasteiger partial charge is 0.135 e. The fraction of sp³-hybridized carbons (Fsp3) is 0.364. The number of methoxy groups -OCH3 is 1. The number of rotatable bonds is 1. The molecule has 0 unspecified atom stereocenters. The summed E-state index contributed by atoms with van der Waals surface area (Å²) >= 11 is 3.25. The van der Waals surface area contributed by atoms with Crippen molar-refractivity contribution < 1.29 is 4.74 Å². The largest absolute Gasteiger partial charge is 0.495 e. The predicted molar refractivity (Wildman–Crippen MR) is 69.4 cm³/mol. The lowest BCUT2D eigenvalue weighted by Crippen LogP contribution is -1.99. The number of nitrogens with two attached hydrogens (primary N) is 1. The number of benzene rings is 1. The molecule has 0 aromatic heterocycles. The average molecular weight is 286 g/mol. The van der Waals surface area contributed by atoms with Crippen molar-refractivity contribution in [3.8, 4) is 11.8 Å². The maximum Gasteiger partial charge on any atom is 0.135 e. The average Bonchev–Trinajstić information content (AvgIpc) is 2.20. The molecule has 0 aliphatic heterocycles. The molecule has 0 spiro atoms. The maximum absolute atomic E-state index is 8.61. The first-order valence-electron chi connectivity index (χ1n) is 4.56. The van der Waals surface area contributed by atoms with Crippen LogP contribution in [0.1, 0.15) is 5.56 Å². The van der Waals surface area contributed by atoms with Crippen LogP contribution in [-0.2, 0) is 0 Å². The monoisotopic (exact) mass is 285 g/mol. The highest BCUT2D eigenvalue weighted by atomic mass is 79.9. The first-order valence-corrected chi connectivity index (χ1v) is 5.35. The normalized spacial score (nSPS) is 9.06. The van der Waals surface area contributed by atoms with Crippen molar-refractivity contribution in [3.05, 3.63) is 22.2 Å². The van der Waals surface area contributed by atoms with Gasteiger partial charge in [0.25, 0.3) is 0 Å². The molecule has 0 aliphatic carbocycles. The van der Waals surface area contributed by atoms with E-state index in [9.17, 15) is 0 Å². The number of hydrogen-bond acceptors (Lipinski definition) is 4. The van der Waals surface area contributed by atoms with Crippen LogP contribution in [-0.4, -0.2) is 33.2 Å². The van der Waals surface area contributed by atoms with Crippen molar-refractivity contribution in [1.29, 1.82) is 5.26 Å². The Hall–Kier alpha value is -1.25. The molecule has 1 rings (SSSR count). The van der Waals surface area contributed by atoms with Gasteiger partial charge in [0.05, 0.1) is 22.8 Å². The molecule has 5 heteroatoms. The van der Waals surface area contributed by atoms with Crippen LogP contribution < -0.4 is 10.5 Å². The third kappa shape index (κ3) is 5.01. The number of ether oxygens (including phenoxy) is 1. The zero-order valence-corrected chi connectivity index (χ0v) is 11.5. The highest BCUT2D eigenvalue weighted by Gasteiger charge is 2.04. The number of halogens is 1. The summed E-state index contributed by atoms with van der Waals surface area (Å²) in [6.07, 6.45) is 0. The van der Waals surface area contributed by atoms with Gasteiger partial charge in [-0.25, -0.2) is 0 Å². The summed E-state index contributed by atoms with van der Waals surface area (Å²) in [7, 11) is 7.55. The van der Waals surface area contributed by atoms with Crippen LogP contribution in [0.2, 0.25) is 0 Å². The minimum atomic E-state index is 0.428. The lowest BCUT2D eigenvalue weighted by Gasteiger charge is -2.04. The SMILES string of the molecule is CN(C)C.COc1cc(N)c(C#N)cc1Br. The predicted octanol–water partition coefficient (Wildman–Crippen LogP) is 2.09. The van der Waals surface area contributed by atoms with Gasteiger partial charge in [-0.3, -0.25) is 0 Å². The van der Waals surface area contributed by atoms with Crippen molar-refractivity contribution >= 4 is 21.6 Å². The lowest BCUT2D eigenvalue weighted by molar-refractivity contribution is 0.412. The number of hydrogen-bond donors (Lipinski definition) is 1. The van der Waals surface area contributed by atoms with Gasteiger partial charge in [0.2, 0.25) is 0 Å². The standard InChI is InChI=1S/C8H7BrN2O.C3H9N/c1-12-8-3-7(11)5(4-10)2-6(8)9;1-4(2)3/h2-3H,11H2,1H3;1-3H3. The van der Waals surface area contributed by atoms with E-state index in [1.54, 1.807) is 19.2 Å². The number of nitriles is 1. The second-order valence-corrected chi connectivity index (χ2v) is 4.38. The molecule has 0 saturated carbocycles. The van der Waals surface area contributed by atoms with Gasteiger partial charge in [-0.05, 0) is 43.1 Å². The number of anilines is 1. The molecule has 0 radical (unpaired) electrons. The van der Waals surface area contributed by atoms with Crippen molar-refractivity contribution in [2.45, 2.75) is 0 Å². The molecular formula is C11H16BrN3O. The van der Waals surface area contributed by atoms with Crippen LogP contribution in [0.4, 0.5) is 5.69 Å². The van der Waals surface area contributed by atoms with Gasteiger partial charge in [0.1, 0.15) is 11.8 Å². The Labute approximate surface area is 105 Å². The molecule has 0 saturated heterocycles. The second-order valence-electron chi connectivity index (χ2n) is 3.53. The van der Waals surface area contributed by atoms with Crippen LogP contribution in [0.5, 0.6) is 5.75 Å². The van der Waals surface area contributed by atoms with E-state index in [4.69, 9.17) is 15.7 Å². The van der Waals surface area contributed by atoms with Crippen molar-refractivity contribution in [2.24, 2.45) is 0 Å². The van der Waals surface area contributed by atoms with Crippen molar-refractivity contribution in [2.75, 3.05) is 34.0 Å². The van der Waals surface area contributed by atoms with E-state index in [1.807, 2.05) is 32.1 Å². The molecule has 88 valence electrons. The molecular weight excluding hydrogens is 270 g/mol. The Morgan fingerprint density at radius 1 is 1.38 bits per heavy atom. The Morgan fingerprint density at radius 3 is 2.25 bits per heavy atom. The summed E-state index contributed by atoms with van der Waals surface area (Å²) in [5, 5.41) is 8.61. The summed E-state index contributed by atoms with van der Waals surface area (Å²) in [5.41, 5.74) is 6.43. The molecule has 0 bridgehead atoms. The van der Waals surface area contributed by atoms with E-state index in [0.29, 0.717) is 17.0 Å². The molecule has 0 fully saturated rings. The molecule has 0 atom stereocenters. The van der Waals surface area contributed by atoms with E-state index >= 15 is 0 Å². The first kappa shape index (κ1) is 14.8. The third-order valence-corrected chi connectivity index (χ3v) is 2.06. The van der Waals surface area contributed by atoms with Gasteiger partial charge in [0, 0.05) is 6.07 Å². The summed E-state index contributed by atoms with van der Waals surface area (Å²) < 4.78 is 5.72. The summed E-state index contributed by atoms with van der Waals surface area (Å²) in [4.78, 5) is 2.00. The summed E-state index contributed by atoms with van der Waals surface area (Å²) in [5.74, 6) is 0.631. The van der Waals surface area contributed by atoms with Crippen LogP contribution in [0.15, 0.2) is 16.6 Å². The van der Waals surface area contributed by atoms with E-state index in [-0.39, 0.29) is 0 Å². The van der Waals surface area contributed by atoms with E-state index in [1.165, 1.54) is 0 Å². The lowest BCUT2D eigenvalue weighted by atomic mass is 10.2. The van der Waals surface area contributed by atoms with Gasteiger partial charge >= 0.3 is 0 Å². The Morgan fingerprint density at radius 2 is 1.88 bits per heavy atom. The van der Waals surface area contributed by atoms with Gasteiger partial charge in [-0.2, -0.15) is 5.26 Å². The second kappa shape index (κ2) is 7.09. The van der Waals surface area contributed by atoms with Crippen molar-refractivity contribution in [3.63, 3.8) is 0 Å². The topological polar surface area (TPSA) is 62.3 Å². The third-order valence-electron chi connectivity index (χ3n) is 1.44. The molecule has 0 aliphatic rings. The van der Waals surface area contributed by atoms with Gasteiger partial charge in [0.15, 0.2) is 0 Å². The Kier molecular flexibility index (Phi) is 6.54. The highest BCUT2D eigenvalue weighted by Crippen LogP contribution is 2.29. The first-order chi connectivity index (χ1) is 7.42. The summed E-state index contributed by atoms with van der Waals surface area (Å²) in [6.45, 7) is 0. The molecule has 0 heterocycles. The summed E-state index contributed by atoms with van der Waals surface area (Å²) in [6, 6.07) is 5.22.